The first kappa shape index (κ1) is 7.47. The second kappa shape index (κ2) is 2.96. The average Bonchev–Trinajstić information content (AvgIpc) is 2.05. The van der Waals surface area contributed by atoms with Crippen LogP contribution in [0.25, 0.3) is 0 Å². The molecule has 0 aromatic heterocycles. The Morgan fingerprint density at radius 1 is 1.09 bits per heavy atom. The maximum Gasteiger partial charge on any atom is 0.310 e. The number of hydrogen-bond acceptors (Lipinski definition) is 2. The van der Waals surface area contributed by atoms with Crippen molar-refractivity contribution in [3.05, 3.63) is 35.9 Å². The van der Waals surface area contributed by atoms with E-state index >= 15 is 0 Å². The van der Waals surface area contributed by atoms with Crippen LogP contribution in [0.2, 0.25) is 0 Å². The van der Waals surface area contributed by atoms with Gasteiger partial charge in [-0.15, -0.1) is 0 Å². The Balaban J connectivity index is 2.95. The van der Waals surface area contributed by atoms with Crippen LogP contribution in [0.5, 0.6) is 0 Å². The van der Waals surface area contributed by atoms with Gasteiger partial charge in [-0.3, -0.25) is 15.3 Å². The molecule has 0 aliphatic heterocycles. The van der Waals surface area contributed by atoms with Crippen molar-refractivity contribution in [2.24, 2.45) is 0 Å². The minimum absolute atomic E-state index is 0.271. The van der Waals surface area contributed by atoms with Crippen molar-refractivity contribution >= 4 is 11.7 Å². The van der Waals surface area contributed by atoms with Crippen LogP contribution in [-0.2, 0) is 4.79 Å². The van der Waals surface area contributed by atoms with Crippen molar-refractivity contribution in [2.75, 3.05) is 0 Å². The molecule has 0 fully saturated rings. The number of Topliss-reactive ketones (excluding diaryl/α,β-unsaturated/α-hetero) is 1. The first-order valence-corrected chi connectivity index (χ1v) is 3.07. The number of amides is 1. The number of hydrogen-bond donors (Lipinski definition) is 0. The number of carbonyl (C=O) groups is 2. The standard InChI is InChI=1S/C8H6NO2/c9-8(11)7(10)6-4-2-1-3-5-6/h1-5,9H. The minimum atomic E-state index is -1.17. The summed E-state index contributed by atoms with van der Waals surface area (Å²) in [6.45, 7) is 0. The van der Waals surface area contributed by atoms with Crippen LogP contribution in [0.15, 0.2) is 30.3 Å². The molecule has 3 nitrogen and oxygen atoms in total. The molecule has 0 saturated carbocycles. The molecule has 1 amide bonds. The monoisotopic (exact) mass is 148 g/mol. The van der Waals surface area contributed by atoms with Crippen LogP contribution in [0.4, 0.5) is 0 Å². The molecule has 55 valence electrons. The Labute approximate surface area is 63.8 Å². The maximum absolute atomic E-state index is 10.8. The second-order valence-electron chi connectivity index (χ2n) is 2.02. The molecule has 0 atom stereocenters. The lowest BCUT2D eigenvalue weighted by molar-refractivity contribution is -0.114. The molecule has 0 bridgehead atoms. The third-order valence-corrected chi connectivity index (χ3v) is 1.24. The van der Waals surface area contributed by atoms with E-state index in [2.05, 4.69) is 0 Å². The van der Waals surface area contributed by atoms with Gasteiger partial charge in [0, 0.05) is 5.56 Å². The third kappa shape index (κ3) is 1.64. The van der Waals surface area contributed by atoms with E-state index in [4.69, 9.17) is 5.73 Å². The van der Waals surface area contributed by atoms with Gasteiger partial charge in [-0.05, 0) is 0 Å². The van der Waals surface area contributed by atoms with E-state index in [1.54, 1.807) is 18.2 Å². The van der Waals surface area contributed by atoms with Crippen LogP contribution in [0.1, 0.15) is 10.4 Å². The van der Waals surface area contributed by atoms with E-state index in [1.807, 2.05) is 0 Å². The smallest absolute Gasteiger partial charge is 0.283 e. The summed E-state index contributed by atoms with van der Waals surface area (Å²) in [4.78, 5) is 21.1. The van der Waals surface area contributed by atoms with Crippen molar-refractivity contribution in [3.8, 4) is 0 Å². The van der Waals surface area contributed by atoms with Gasteiger partial charge in [0.2, 0.25) is 0 Å². The zero-order valence-corrected chi connectivity index (χ0v) is 5.70. The van der Waals surface area contributed by atoms with Crippen molar-refractivity contribution in [1.29, 1.82) is 0 Å². The van der Waals surface area contributed by atoms with Crippen LogP contribution in [-0.4, -0.2) is 11.7 Å². The zero-order valence-electron chi connectivity index (χ0n) is 5.70. The highest BCUT2D eigenvalue weighted by Crippen LogP contribution is 1.98. The molecule has 1 rings (SSSR count). The molecule has 1 aromatic rings. The van der Waals surface area contributed by atoms with Gasteiger partial charge in [0.05, 0.1) is 0 Å². The summed E-state index contributed by atoms with van der Waals surface area (Å²) >= 11 is 0. The normalized spacial score (nSPS) is 9.09. The number of rotatable bonds is 2. The summed E-state index contributed by atoms with van der Waals surface area (Å²) in [5, 5.41) is 0. The maximum atomic E-state index is 10.8. The molecule has 0 aliphatic rings. The van der Waals surface area contributed by atoms with Gasteiger partial charge in [-0.25, -0.2) is 0 Å². The summed E-state index contributed by atoms with van der Waals surface area (Å²) in [6.07, 6.45) is 0. The Kier molecular flexibility index (Phi) is 2.01. The Morgan fingerprint density at radius 3 is 2.09 bits per heavy atom. The van der Waals surface area contributed by atoms with Crippen molar-refractivity contribution in [2.45, 2.75) is 0 Å². The lowest BCUT2D eigenvalue weighted by atomic mass is 10.1. The fourth-order valence-corrected chi connectivity index (χ4v) is 0.721. The first-order valence-electron chi connectivity index (χ1n) is 3.07. The zero-order chi connectivity index (χ0) is 8.27. The number of benzene rings is 1. The third-order valence-electron chi connectivity index (χ3n) is 1.24. The number of ketones is 1. The summed E-state index contributed by atoms with van der Waals surface area (Å²) in [5.74, 6) is -1.93. The fraction of sp³-hybridized carbons (Fsp3) is 0. The summed E-state index contributed by atoms with van der Waals surface area (Å²) in [7, 11) is 0. The summed E-state index contributed by atoms with van der Waals surface area (Å²) in [6, 6.07) is 8.06. The molecule has 1 N–H and O–H groups in total. The van der Waals surface area contributed by atoms with Crippen LogP contribution in [0.3, 0.4) is 0 Å². The van der Waals surface area contributed by atoms with E-state index in [9.17, 15) is 9.59 Å². The molecule has 0 spiro atoms. The van der Waals surface area contributed by atoms with E-state index in [0.29, 0.717) is 0 Å². The van der Waals surface area contributed by atoms with E-state index in [-0.39, 0.29) is 5.56 Å². The molecule has 11 heavy (non-hydrogen) atoms. The minimum Gasteiger partial charge on any atom is -0.283 e. The highest BCUT2D eigenvalue weighted by molar-refractivity contribution is 6.41. The molecule has 0 unspecified atom stereocenters. The van der Waals surface area contributed by atoms with Gasteiger partial charge in [-0.1, -0.05) is 30.3 Å². The molecule has 1 radical (unpaired) electrons. The lowest BCUT2D eigenvalue weighted by Crippen LogP contribution is -2.13. The van der Waals surface area contributed by atoms with E-state index in [1.165, 1.54) is 12.1 Å². The predicted octanol–water partition coefficient (Wildman–Crippen LogP) is 0.679. The van der Waals surface area contributed by atoms with Crippen molar-refractivity contribution in [1.82, 2.24) is 5.73 Å². The first-order chi connectivity index (χ1) is 5.22. The Bertz CT molecular complexity index is 279. The Hall–Kier alpha value is -1.64. The van der Waals surface area contributed by atoms with Crippen LogP contribution in [0, 0.1) is 0 Å². The highest BCUT2D eigenvalue weighted by Gasteiger charge is 2.10. The van der Waals surface area contributed by atoms with Gasteiger partial charge in [0.1, 0.15) is 0 Å². The molecular formula is C8H6NO2. The fourth-order valence-electron chi connectivity index (χ4n) is 0.721. The number of carbonyl (C=O) groups excluding carboxylic acids is 2. The largest absolute Gasteiger partial charge is 0.310 e. The molecule has 0 aliphatic carbocycles. The van der Waals surface area contributed by atoms with Gasteiger partial charge in [-0.2, -0.15) is 0 Å². The van der Waals surface area contributed by atoms with E-state index < -0.39 is 11.7 Å². The van der Waals surface area contributed by atoms with Gasteiger partial charge in [0.15, 0.2) is 0 Å². The van der Waals surface area contributed by atoms with Crippen LogP contribution >= 0.6 is 0 Å². The Morgan fingerprint density at radius 2 is 1.64 bits per heavy atom. The molecule has 1 aromatic carbocycles. The van der Waals surface area contributed by atoms with Crippen molar-refractivity contribution in [3.63, 3.8) is 0 Å². The SMILES string of the molecule is [NH]C(=O)C(=O)c1ccccc1. The quantitative estimate of drug-likeness (QED) is 0.457. The molecule has 0 heterocycles. The molecular weight excluding hydrogens is 142 g/mol. The van der Waals surface area contributed by atoms with Gasteiger partial charge < -0.3 is 0 Å². The molecule has 3 heteroatoms. The van der Waals surface area contributed by atoms with Gasteiger partial charge in [0.25, 0.3) is 5.78 Å². The highest BCUT2D eigenvalue weighted by atomic mass is 16.2. The topological polar surface area (TPSA) is 57.9 Å². The average molecular weight is 148 g/mol. The summed E-state index contributed by atoms with van der Waals surface area (Å²) < 4.78 is 0. The number of nitrogens with one attached hydrogen (secondary N) is 1. The predicted molar refractivity (Wildman–Crippen MR) is 38.9 cm³/mol. The summed E-state index contributed by atoms with van der Waals surface area (Å²) in [5.41, 5.74) is 6.80. The second-order valence-corrected chi connectivity index (χ2v) is 2.02. The van der Waals surface area contributed by atoms with Crippen molar-refractivity contribution < 1.29 is 9.59 Å². The lowest BCUT2D eigenvalue weighted by Gasteiger charge is -1.92. The van der Waals surface area contributed by atoms with E-state index in [0.717, 1.165) is 0 Å². The molecule has 0 saturated heterocycles. The van der Waals surface area contributed by atoms with Gasteiger partial charge >= 0.3 is 5.91 Å². The van der Waals surface area contributed by atoms with Crippen LogP contribution < -0.4 is 5.73 Å².